The van der Waals surface area contributed by atoms with Crippen LogP contribution in [0.1, 0.15) is 50.9 Å². The minimum atomic E-state index is -4.52. The van der Waals surface area contributed by atoms with Crippen molar-refractivity contribution < 1.29 is 13.2 Å². The maximum atomic E-state index is 13.4. The summed E-state index contributed by atoms with van der Waals surface area (Å²) in [4.78, 5) is 3.06. The second-order valence-electron chi connectivity index (χ2n) is 5.33. The summed E-state index contributed by atoms with van der Waals surface area (Å²) in [5.41, 5.74) is 0.324. The van der Waals surface area contributed by atoms with Crippen molar-refractivity contribution in [3.63, 3.8) is 0 Å². The standard InChI is InChI=1S/C17H19F3N2/c1-5-11(6-2)22-12(7-3)10-13-15(22)9-8-14(21-4)16(13)17(18,19)20/h8-11H,5-7H2,1-3H3. The number of benzene rings is 1. The molecule has 2 nitrogen and oxygen atoms in total. The minimum absolute atomic E-state index is 0.143. The van der Waals surface area contributed by atoms with Crippen LogP contribution in [-0.2, 0) is 12.6 Å². The Balaban J connectivity index is 2.88. The van der Waals surface area contributed by atoms with Gasteiger partial charge in [0.15, 0.2) is 5.69 Å². The van der Waals surface area contributed by atoms with Crippen molar-refractivity contribution in [3.05, 3.63) is 40.9 Å². The molecule has 0 saturated carbocycles. The number of aryl methyl sites for hydroxylation is 1. The third-order valence-electron chi connectivity index (χ3n) is 4.15. The lowest BCUT2D eigenvalue weighted by Crippen LogP contribution is -2.10. The van der Waals surface area contributed by atoms with E-state index in [1.54, 1.807) is 12.1 Å². The van der Waals surface area contributed by atoms with Crippen LogP contribution >= 0.6 is 0 Å². The van der Waals surface area contributed by atoms with Gasteiger partial charge in [-0.1, -0.05) is 26.8 Å². The molecule has 2 aromatic rings. The van der Waals surface area contributed by atoms with Gasteiger partial charge in [-0.2, -0.15) is 13.2 Å². The maximum absolute atomic E-state index is 13.4. The molecule has 0 spiro atoms. The quantitative estimate of drug-likeness (QED) is 0.601. The lowest BCUT2D eigenvalue weighted by Gasteiger charge is -2.20. The third kappa shape index (κ3) is 2.58. The highest BCUT2D eigenvalue weighted by molar-refractivity contribution is 5.90. The van der Waals surface area contributed by atoms with Gasteiger partial charge >= 0.3 is 6.18 Å². The molecule has 1 heterocycles. The van der Waals surface area contributed by atoms with Crippen LogP contribution in [0.5, 0.6) is 0 Å². The normalized spacial score (nSPS) is 12.1. The van der Waals surface area contributed by atoms with Gasteiger partial charge in [0.1, 0.15) is 0 Å². The van der Waals surface area contributed by atoms with Gasteiger partial charge in [-0.15, -0.1) is 0 Å². The molecule has 0 bridgehead atoms. The number of alkyl halides is 3. The summed E-state index contributed by atoms with van der Waals surface area (Å²) < 4.78 is 42.3. The van der Waals surface area contributed by atoms with E-state index in [1.807, 2.05) is 25.3 Å². The summed E-state index contributed by atoms with van der Waals surface area (Å²) >= 11 is 0. The van der Waals surface area contributed by atoms with Gasteiger partial charge in [0.2, 0.25) is 0 Å². The van der Waals surface area contributed by atoms with Crippen molar-refractivity contribution in [1.82, 2.24) is 4.57 Å². The molecule has 22 heavy (non-hydrogen) atoms. The molecule has 0 aliphatic heterocycles. The van der Waals surface area contributed by atoms with Gasteiger partial charge in [0.05, 0.1) is 12.1 Å². The first-order valence-electron chi connectivity index (χ1n) is 7.50. The zero-order valence-corrected chi connectivity index (χ0v) is 13.0. The molecule has 5 heteroatoms. The van der Waals surface area contributed by atoms with Crippen molar-refractivity contribution in [2.45, 2.75) is 52.3 Å². The van der Waals surface area contributed by atoms with E-state index in [9.17, 15) is 13.2 Å². The first-order valence-corrected chi connectivity index (χ1v) is 7.50. The summed E-state index contributed by atoms with van der Waals surface area (Å²) in [6.45, 7) is 13.0. The predicted octanol–water partition coefficient (Wildman–Crippen LogP) is 6.13. The molecule has 1 aromatic heterocycles. The molecule has 0 N–H and O–H groups in total. The Hall–Kier alpha value is -1.96. The van der Waals surface area contributed by atoms with Crippen LogP contribution in [0, 0.1) is 6.57 Å². The first-order chi connectivity index (χ1) is 10.4. The van der Waals surface area contributed by atoms with Crippen molar-refractivity contribution in [2.24, 2.45) is 0 Å². The van der Waals surface area contributed by atoms with E-state index in [-0.39, 0.29) is 17.1 Å². The monoisotopic (exact) mass is 308 g/mol. The number of hydrogen-bond acceptors (Lipinski definition) is 0. The van der Waals surface area contributed by atoms with Crippen LogP contribution in [0.3, 0.4) is 0 Å². The van der Waals surface area contributed by atoms with Crippen LogP contribution in [0.15, 0.2) is 18.2 Å². The second-order valence-corrected chi connectivity index (χ2v) is 5.33. The first kappa shape index (κ1) is 16.4. The van der Waals surface area contributed by atoms with Gasteiger partial charge in [-0.25, -0.2) is 4.85 Å². The molecule has 0 aliphatic rings. The molecule has 2 rings (SSSR count). The molecule has 0 radical (unpaired) electrons. The van der Waals surface area contributed by atoms with E-state index < -0.39 is 11.7 Å². The Labute approximate surface area is 128 Å². The van der Waals surface area contributed by atoms with Crippen LogP contribution in [0.4, 0.5) is 18.9 Å². The number of fused-ring (bicyclic) bond motifs is 1. The average Bonchev–Trinajstić information content (AvgIpc) is 2.85. The van der Waals surface area contributed by atoms with Crippen LogP contribution < -0.4 is 0 Å². The largest absolute Gasteiger partial charge is 0.408 e. The van der Waals surface area contributed by atoms with Gasteiger partial charge < -0.3 is 4.57 Å². The van der Waals surface area contributed by atoms with E-state index in [4.69, 9.17) is 6.57 Å². The summed E-state index contributed by atoms with van der Waals surface area (Å²) in [6.07, 6.45) is -2.14. The smallest absolute Gasteiger partial charge is 0.342 e. The molecule has 118 valence electrons. The summed E-state index contributed by atoms with van der Waals surface area (Å²) in [6, 6.07) is 4.71. The van der Waals surface area contributed by atoms with Crippen molar-refractivity contribution in [2.75, 3.05) is 0 Å². The lowest BCUT2D eigenvalue weighted by molar-refractivity contribution is -0.135. The Morgan fingerprint density at radius 1 is 1.18 bits per heavy atom. The second kappa shape index (κ2) is 6.04. The van der Waals surface area contributed by atoms with E-state index in [0.29, 0.717) is 11.9 Å². The number of halogens is 3. The fourth-order valence-corrected chi connectivity index (χ4v) is 3.09. The van der Waals surface area contributed by atoms with Crippen LogP contribution in [-0.4, -0.2) is 4.57 Å². The van der Waals surface area contributed by atoms with E-state index in [0.717, 1.165) is 18.5 Å². The Kier molecular flexibility index (Phi) is 4.50. The zero-order valence-electron chi connectivity index (χ0n) is 13.0. The minimum Gasteiger partial charge on any atom is -0.342 e. The summed E-state index contributed by atoms with van der Waals surface area (Å²) in [5, 5.41) is 0.143. The molecule has 1 aromatic carbocycles. The van der Waals surface area contributed by atoms with Crippen LogP contribution in [0.25, 0.3) is 15.7 Å². The van der Waals surface area contributed by atoms with Gasteiger partial charge in [0.25, 0.3) is 0 Å². The highest BCUT2D eigenvalue weighted by Gasteiger charge is 2.36. The molecule has 0 fully saturated rings. The Bertz CT molecular complexity index is 716. The van der Waals surface area contributed by atoms with Crippen molar-refractivity contribution >= 4 is 16.6 Å². The van der Waals surface area contributed by atoms with Gasteiger partial charge in [-0.05, 0) is 31.4 Å². The van der Waals surface area contributed by atoms with E-state index >= 15 is 0 Å². The summed E-state index contributed by atoms with van der Waals surface area (Å²) in [5.74, 6) is 0. The highest BCUT2D eigenvalue weighted by Crippen LogP contribution is 2.43. The molecule has 0 saturated heterocycles. The molecule has 0 unspecified atom stereocenters. The molecule has 0 amide bonds. The molecular weight excluding hydrogens is 289 g/mol. The van der Waals surface area contributed by atoms with Crippen molar-refractivity contribution in [3.8, 4) is 0 Å². The topological polar surface area (TPSA) is 9.29 Å². The zero-order chi connectivity index (χ0) is 16.5. The predicted molar refractivity (Wildman–Crippen MR) is 82.2 cm³/mol. The SMILES string of the molecule is [C-]#[N+]c1ccc2c(cc(CC)n2C(CC)CC)c1C(F)(F)F. The molecular formula is C17H19F3N2. The molecule has 0 atom stereocenters. The average molecular weight is 308 g/mol. The number of rotatable bonds is 4. The Morgan fingerprint density at radius 2 is 1.82 bits per heavy atom. The van der Waals surface area contributed by atoms with Gasteiger partial charge in [-0.3, -0.25) is 0 Å². The summed E-state index contributed by atoms with van der Waals surface area (Å²) in [7, 11) is 0. The third-order valence-corrected chi connectivity index (χ3v) is 4.15. The maximum Gasteiger partial charge on any atom is 0.408 e. The number of nitrogens with zero attached hydrogens (tertiary/aromatic N) is 2. The van der Waals surface area contributed by atoms with Gasteiger partial charge in [0, 0.05) is 22.6 Å². The molecule has 0 aliphatic carbocycles. The fourth-order valence-electron chi connectivity index (χ4n) is 3.09. The van der Waals surface area contributed by atoms with Crippen molar-refractivity contribution in [1.29, 1.82) is 0 Å². The lowest BCUT2D eigenvalue weighted by atomic mass is 10.1. The fraction of sp³-hybridized carbons (Fsp3) is 0.471. The number of hydrogen-bond donors (Lipinski definition) is 0. The highest BCUT2D eigenvalue weighted by atomic mass is 19.4. The van der Waals surface area contributed by atoms with Crippen LogP contribution in [0.2, 0.25) is 0 Å². The van der Waals surface area contributed by atoms with E-state index in [2.05, 4.69) is 4.85 Å². The number of aromatic nitrogens is 1. The Morgan fingerprint density at radius 3 is 2.27 bits per heavy atom. The van der Waals surface area contributed by atoms with E-state index in [1.165, 1.54) is 6.07 Å².